The number of benzene rings is 1. The monoisotopic (exact) mass is 191 g/mol. The third kappa shape index (κ3) is 1.40. The van der Waals surface area contributed by atoms with Gasteiger partial charge >= 0.3 is 0 Å². The fraction of sp³-hybridized carbons (Fsp3) is 0.100. The summed E-state index contributed by atoms with van der Waals surface area (Å²) in [6.45, 7) is 0.439. The van der Waals surface area contributed by atoms with Crippen molar-refractivity contribution in [3.05, 3.63) is 35.6 Å². The predicted octanol–water partition coefficient (Wildman–Crippen LogP) is 1.41. The Morgan fingerprint density at radius 2 is 2.07 bits per heavy atom. The summed E-state index contributed by atoms with van der Waals surface area (Å²) < 4.78 is 13.0. The fourth-order valence-electron chi connectivity index (χ4n) is 1.33. The van der Waals surface area contributed by atoms with Crippen LogP contribution in [0.1, 0.15) is 5.56 Å². The summed E-state index contributed by atoms with van der Waals surface area (Å²) in [4.78, 5) is 3.93. The van der Waals surface area contributed by atoms with Crippen LogP contribution in [0.4, 0.5) is 10.2 Å². The van der Waals surface area contributed by atoms with E-state index >= 15 is 0 Å². The summed E-state index contributed by atoms with van der Waals surface area (Å²) >= 11 is 0. The molecule has 4 heteroatoms. The van der Waals surface area contributed by atoms with Gasteiger partial charge in [0, 0.05) is 11.9 Å². The van der Waals surface area contributed by atoms with Crippen LogP contribution in [0.25, 0.3) is 10.9 Å². The highest BCUT2D eigenvalue weighted by Gasteiger charge is 2.03. The van der Waals surface area contributed by atoms with Gasteiger partial charge in [-0.1, -0.05) is 12.1 Å². The maximum absolute atomic E-state index is 13.0. The van der Waals surface area contributed by atoms with Crippen molar-refractivity contribution in [2.75, 3.05) is 5.73 Å². The molecule has 0 bridgehead atoms. The molecule has 72 valence electrons. The zero-order chi connectivity index (χ0) is 10.1. The lowest BCUT2D eigenvalue weighted by Gasteiger charge is -2.02. The van der Waals surface area contributed by atoms with Gasteiger partial charge in [0.2, 0.25) is 0 Å². The van der Waals surface area contributed by atoms with Gasteiger partial charge in [-0.15, -0.1) is 0 Å². The Balaban J connectivity index is 2.70. The molecule has 0 saturated carbocycles. The number of halogens is 1. The van der Waals surface area contributed by atoms with E-state index in [2.05, 4.69) is 4.98 Å². The largest absolute Gasteiger partial charge is 0.381 e. The molecular weight excluding hydrogens is 181 g/mol. The molecule has 4 N–H and O–H groups in total. The topological polar surface area (TPSA) is 64.9 Å². The Bertz CT molecular complexity index is 482. The molecule has 0 fully saturated rings. The molecule has 0 radical (unpaired) electrons. The van der Waals surface area contributed by atoms with Crippen molar-refractivity contribution in [1.82, 2.24) is 4.98 Å². The van der Waals surface area contributed by atoms with Crippen LogP contribution in [0, 0.1) is 5.82 Å². The van der Waals surface area contributed by atoms with Gasteiger partial charge in [-0.3, -0.25) is 0 Å². The molecule has 1 aromatic heterocycles. The Kier molecular flexibility index (Phi) is 2.05. The molecule has 3 nitrogen and oxygen atoms in total. The minimum Gasteiger partial charge on any atom is -0.381 e. The molecule has 2 rings (SSSR count). The maximum atomic E-state index is 13.0. The molecule has 1 aromatic carbocycles. The van der Waals surface area contributed by atoms with Crippen LogP contribution in [-0.2, 0) is 6.54 Å². The minimum absolute atomic E-state index is 0.0772. The second-order valence-electron chi connectivity index (χ2n) is 3.09. The van der Waals surface area contributed by atoms with E-state index in [1.54, 1.807) is 6.07 Å². The molecule has 0 aliphatic heterocycles. The molecule has 0 unspecified atom stereocenters. The first-order valence-electron chi connectivity index (χ1n) is 4.25. The molecule has 0 spiro atoms. The van der Waals surface area contributed by atoms with E-state index in [0.717, 1.165) is 10.9 Å². The molecule has 0 atom stereocenters. The van der Waals surface area contributed by atoms with E-state index in [9.17, 15) is 4.39 Å². The molecule has 1 heterocycles. The van der Waals surface area contributed by atoms with Crippen molar-refractivity contribution < 1.29 is 4.39 Å². The smallest absolute Gasteiger partial charge is 0.165 e. The number of rotatable bonds is 1. The lowest BCUT2D eigenvalue weighted by molar-refractivity contribution is 0.630. The molecule has 14 heavy (non-hydrogen) atoms. The van der Waals surface area contributed by atoms with Gasteiger partial charge in [0.15, 0.2) is 11.6 Å². The average Bonchev–Trinajstić information content (AvgIpc) is 2.19. The first kappa shape index (κ1) is 8.90. The van der Waals surface area contributed by atoms with E-state index < -0.39 is 5.82 Å². The minimum atomic E-state index is -0.488. The lowest BCUT2D eigenvalue weighted by atomic mass is 10.1. The van der Waals surface area contributed by atoms with Crippen molar-refractivity contribution >= 4 is 16.7 Å². The quantitative estimate of drug-likeness (QED) is 0.716. The van der Waals surface area contributed by atoms with Gasteiger partial charge in [-0.05, 0) is 17.7 Å². The molecule has 0 saturated heterocycles. The van der Waals surface area contributed by atoms with Crippen molar-refractivity contribution in [3.8, 4) is 0 Å². The van der Waals surface area contributed by atoms with Crippen LogP contribution in [0.2, 0.25) is 0 Å². The number of anilines is 1. The number of fused-ring (bicyclic) bond motifs is 1. The third-order valence-corrected chi connectivity index (χ3v) is 2.10. The molecule has 0 amide bonds. The molecular formula is C10H10FN3. The van der Waals surface area contributed by atoms with Crippen LogP contribution in [0.15, 0.2) is 24.3 Å². The van der Waals surface area contributed by atoms with Crippen LogP contribution >= 0.6 is 0 Å². The van der Waals surface area contributed by atoms with Gasteiger partial charge in [0.05, 0.1) is 5.52 Å². The number of nitrogens with zero attached hydrogens (tertiary/aromatic N) is 1. The Labute approximate surface area is 80.5 Å². The van der Waals surface area contributed by atoms with E-state index in [1.165, 1.54) is 6.07 Å². The Hall–Kier alpha value is -1.68. The van der Waals surface area contributed by atoms with E-state index in [0.29, 0.717) is 12.1 Å². The number of nitrogens with two attached hydrogens (primary N) is 2. The second-order valence-corrected chi connectivity index (χ2v) is 3.09. The average molecular weight is 191 g/mol. The summed E-state index contributed by atoms with van der Waals surface area (Å²) in [6, 6.07) is 6.82. The van der Waals surface area contributed by atoms with Crippen molar-refractivity contribution in [2.24, 2.45) is 5.73 Å². The second kappa shape index (κ2) is 3.23. The summed E-state index contributed by atoms with van der Waals surface area (Å²) in [7, 11) is 0. The lowest BCUT2D eigenvalue weighted by Crippen LogP contribution is -1.98. The first-order valence-corrected chi connectivity index (χ1v) is 4.25. The summed E-state index contributed by atoms with van der Waals surface area (Å²) in [5.41, 5.74) is 12.5. The standard InChI is InChI=1S/C10H10FN3/c11-8-4-7-2-1-6(5-12)3-9(7)14-10(8)13/h1-4H,5,12H2,(H2,13,14). The summed E-state index contributed by atoms with van der Waals surface area (Å²) in [5, 5.41) is 0.730. The zero-order valence-corrected chi connectivity index (χ0v) is 7.50. The third-order valence-electron chi connectivity index (χ3n) is 2.10. The van der Waals surface area contributed by atoms with E-state index in [4.69, 9.17) is 11.5 Å². The van der Waals surface area contributed by atoms with Crippen molar-refractivity contribution in [1.29, 1.82) is 0 Å². The number of hydrogen-bond acceptors (Lipinski definition) is 3. The molecule has 0 aliphatic rings. The van der Waals surface area contributed by atoms with Gasteiger partial charge < -0.3 is 11.5 Å². The van der Waals surface area contributed by atoms with E-state index in [-0.39, 0.29) is 5.82 Å². The highest BCUT2D eigenvalue weighted by molar-refractivity contribution is 5.80. The van der Waals surface area contributed by atoms with Crippen molar-refractivity contribution in [2.45, 2.75) is 6.54 Å². The number of pyridine rings is 1. The number of hydrogen-bond donors (Lipinski definition) is 2. The zero-order valence-electron chi connectivity index (χ0n) is 7.50. The predicted molar refractivity (Wildman–Crippen MR) is 54.0 cm³/mol. The van der Waals surface area contributed by atoms with Crippen molar-refractivity contribution in [3.63, 3.8) is 0 Å². The normalized spacial score (nSPS) is 10.7. The molecule has 2 aromatic rings. The first-order chi connectivity index (χ1) is 6.70. The Morgan fingerprint density at radius 3 is 2.79 bits per heavy atom. The van der Waals surface area contributed by atoms with Gasteiger partial charge in [0.1, 0.15) is 0 Å². The maximum Gasteiger partial charge on any atom is 0.165 e. The Morgan fingerprint density at radius 1 is 1.29 bits per heavy atom. The number of nitrogen functional groups attached to an aromatic ring is 1. The van der Waals surface area contributed by atoms with E-state index in [1.807, 2.05) is 12.1 Å². The van der Waals surface area contributed by atoms with Gasteiger partial charge in [-0.2, -0.15) is 0 Å². The highest BCUT2D eigenvalue weighted by Crippen LogP contribution is 2.18. The fourth-order valence-corrected chi connectivity index (χ4v) is 1.33. The summed E-state index contributed by atoms with van der Waals surface area (Å²) in [6.07, 6.45) is 0. The SMILES string of the molecule is NCc1ccc2cc(F)c(N)nc2c1. The van der Waals surface area contributed by atoms with Crippen LogP contribution in [0.5, 0.6) is 0 Å². The highest BCUT2D eigenvalue weighted by atomic mass is 19.1. The number of aromatic nitrogens is 1. The van der Waals surface area contributed by atoms with Crippen LogP contribution < -0.4 is 11.5 Å². The summed E-state index contributed by atoms with van der Waals surface area (Å²) in [5.74, 6) is -0.565. The van der Waals surface area contributed by atoms with Gasteiger partial charge in [0.25, 0.3) is 0 Å². The van der Waals surface area contributed by atoms with Crippen LogP contribution in [-0.4, -0.2) is 4.98 Å². The molecule has 0 aliphatic carbocycles. The van der Waals surface area contributed by atoms with Gasteiger partial charge in [-0.25, -0.2) is 9.37 Å². The van der Waals surface area contributed by atoms with Crippen LogP contribution in [0.3, 0.4) is 0 Å².